The molecule has 6 nitrogen and oxygen atoms in total. The van der Waals surface area contributed by atoms with Gasteiger partial charge in [-0.2, -0.15) is 11.8 Å². The van der Waals surface area contributed by atoms with Crippen LogP contribution in [0.1, 0.15) is 27.4 Å². The number of amides is 1. The Kier molecular flexibility index (Phi) is 4.65. The van der Waals surface area contributed by atoms with Crippen LogP contribution in [0.4, 0.5) is 5.82 Å². The molecule has 0 atom stereocenters. The second-order valence-electron chi connectivity index (χ2n) is 6.45. The number of carbonyl (C=O) groups excluding carboxylic acids is 1. The van der Waals surface area contributed by atoms with E-state index >= 15 is 0 Å². The van der Waals surface area contributed by atoms with Crippen molar-refractivity contribution in [1.29, 1.82) is 0 Å². The van der Waals surface area contributed by atoms with Gasteiger partial charge in [-0.3, -0.25) is 4.79 Å². The molecule has 0 bridgehead atoms. The Bertz CT molecular complexity index is 770. The van der Waals surface area contributed by atoms with Crippen LogP contribution in [0, 0.1) is 6.92 Å². The van der Waals surface area contributed by atoms with E-state index in [0.717, 1.165) is 54.5 Å². The molecule has 7 heteroatoms. The Balaban J connectivity index is 1.55. The molecule has 1 amide bonds. The fraction of sp³-hybridized carbons (Fsp3) is 0.500. The Morgan fingerprint density at radius 2 is 1.96 bits per heavy atom. The van der Waals surface area contributed by atoms with Gasteiger partial charge in [-0.15, -0.1) is 0 Å². The molecule has 0 spiro atoms. The summed E-state index contributed by atoms with van der Waals surface area (Å²) in [7, 11) is 0. The molecule has 132 valence electrons. The molecule has 0 N–H and O–H groups in total. The SMILES string of the molecule is Cc1ccoc1C(=O)N1CCc2ncnc(N3CCSCC3)c2CC1. The van der Waals surface area contributed by atoms with Gasteiger partial charge in [0, 0.05) is 55.2 Å². The molecule has 4 rings (SSSR count). The van der Waals surface area contributed by atoms with E-state index in [1.807, 2.05) is 29.7 Å². The summed E-state index contributed by atoms with van der Waals surface area (Å²) in [6.07, 6.45) is 4.80. The molecule has 25 heavy (non-hydrogen) atoms. The molecule has 0 aliphatic carbocycles. The monoisotopic (exact) mass is 358 g/mol. The lowest BCUT2D eigenvalue weighted by atomic mass is 10.1. The van der Waals surface area contributed by atoms with Crippen LogP contribution in [-0.2, 0) is 12.8 Å². The second-order valence-corrected chi connectivity index (χ2v) is 7.67. The first-order valence-electron chi connectivity index (χ1n) is 8.73. The predicted molar refractivity (Wildman–Crippen MR) is 98.3 cm³/mol. The number of aromatic nitrogens is 2. The summed E-state index contributed by atoms with van der Waals surface area (Å²) in [5, 5.41) is 0. The van der Waals surface area contributed by atoms with E-state index in [-0.39, 0.29) is 5.91 Å². The third kappa shape index (κ3) is 3.25. The molecule has 1 saturated heterocycles. The van der Waals surface area contributed by atoms with Gasteiger partial charge in [0.05, 0.1) is 12.0 Å². The molecule has 4 heterocycles. The molecule has 0 radical (unpaired) electrons. The van der Waals surface area contributed by atoms with Crippen LogP contribution in [0.2, 0.25) is 0 Å². The lowest BCUT2D eigenvalue weighted by Gasteiger charge is -2.29. The van der Waals surface area contributed by atoms with Crippen LogP contribution in [0.15, 0.2) is 23.1 Å². The Hall–Kier alpha value is -2.02. The largest absolute Gasteiger partial charge is 0.459 e. The van der Waals surface area contributed by atoms with Crippen LogP contribution in [0.25, 0.3) is 0 Å². The molecule has 1 fully saturated rings. The molecular formula is C18H22N4O2S. The van der Waals surface area contributed by atoms with E-state index in [1.54, 1.807) is 12.6 Å². The van der Waals surface area contributed by atoms with Crippen molar-refractivity contribution >= 4 is 23.5 Å². The summed E-state index contributed by atoms with van der Waals surface area (Å²) < 4.78 is 5.39. The zero-order valence-electron chi connectivity index (χ0n) is 14.4. The number of hydrogen-bond acceptors (Lipinski definition) is 6. The van der Waals surface area contributed by atoms with Gasteiger partial charge in [0.15, 0.2) is 5.76 Å². The lowest BCUT2D eigenvalue weighted by molar-refractivity contribution is 0.0730. The van der Waals surface area contributed by atoms with E-state index < -0.39 is 0 Å². The number of carbonyl (C=O) groups is 1. The number of furan rings is 1. The Morgan fingerprint density at radius 1 is 1.16 bits per heavy atom. The minimum Gasteiger partial charge on any atom is -0.459 e. The average molecular weight is 358 g/mol. The van der Waals surface area contributed by atoms with E-state index in [4.69, 9.17) is 4.42 Å². The summed E-state index contributed by atoms with van der Waals surface area (Å²) in [4.78, 5) is 26.1. The van der Waals surface area contributed by atoms with Gasteiger partial charge in [0.2, 0.25) is 0 Å². The van der Waals surface area contributed by atoms with Gasteiger partial charge < -0.3 is 14.2 Å². The molecule has 2 aromatic rings. The average Bonchev–Trinajstić information content (AvgIpc) is 2.96. The highest BCUT2D eigenvalue weighted by Gasteiger charge is 2.26. The van der Waals surface area contributed by atoms with Crippen molar-refractivity contribution in [2.24, 2.45) is 0 Å². The highest BCUT2D eigenvalue weighted by Crippen LogP contribution is 2.26. The first-order chi connectivity index (χ1) is 12.2. The highest BCUT2D eigenvalue weighted by molar-refractivity contribution is 7.99. The fourth-order valence-corrected chi connectivity index (χ4v) is 4.40. The van der Waals surface area contributed by atoms with Crippen LogP contribution in [0.5, 0.6) is 0 Å². The normalized spacial score (nSPS) is 18.0. The van der Waals surface area contributed by atoms with Crippen molar-refractivity contribution < 1.29 is 9.21 Å². The summed E-state index contributed by atoms with van der Waals surface area (Å²) in [6.45, 7) is 5.30. The van der Waals surface area contributed by atoms with Gasteiger partial charge in [-0.05, 0) is 19.4 Å². The summed E-state index contributed by atoms with van der Waals surface area (Å²) in [6, 6.07) is 1.83. The maximum Gasteiger partial charge on any atom is 0.289 e. The molecule has 0 saturated carbocycles. The summed E-state index contributed by atoms with van der Waals surface area (Å²) >= 11 is 1.99. The lowest BCUT2D eigenvalue weighted by Crippen LogP contribution is -2.35. The Labute approximate surface area is 151 Å². The van der Waals surface area contributed by atoms with Crippen molar-refractivity contribution in [3.63, 3.8) is 0 Å². The maximum atomic E-state index is 12.8. The number of hydrogen-bond donors (Lipinski definition) is 0. The Morgan fingerprint density at radius 3 is 2.72 bits per heavy atom. The summed E-state index contributed by atoms with van der Waals surface area (Å²) in [5.41, 5.74) is 3.17. The number of fused-ring (bicyclic) bond motifs is 1. The zero-order valence-corrected chi connectivity index (χ0v) is 15.2. The molecule has 2 aliphatic rings. The van der Waals surface area contributed by atoms with E-state index in [0.29, 0.717) is 18.8 Å². The van der Waals surface area contributed by atoms with Crippen molar-refractivity contribution in [2.75, 3.05) is 42.6 Å². The van der Waals surface area contributed by atoms with E-state index in [1.165, 1.54) is 5.56 Å². The van der Waals surface area contributed by atoms with Gasteiger partial charge in [-0.1, -0.05) is 0 Å². The predicted octanol–water partition coefficient (Wildman–Crippen LogP) is 2.17. The van der Waals surface area contributed by atoms with Crippen LogP contribution in [-0.4, -0.2) is 58.5 Å². The summed E-state index contributed by atoms with van der Waals surface area (Å²) in [5.74, 6) is 3.76. The van der Waals surface area contributed by atoms with Gasteiger partial charge in [-0.25, -0.2) is 9.97 Å². The van der Waals surface area contributed by atoms with E-state index in [2.05, 4.69) is 14.9 Å². The number of anilines is 1. The number of nitrogens with zero attached hydrogens (tertiary/aromatic N) is 4. The molecule has 2 aromatic heterocycles. The molecule has 0 unspecified atom stereocenters. The minimum atomic E-state index is -0.0285. The third-order valence-electron chi connectivity index (χ3n) is 4.92. The quantitative estimate of drug-likeness (QED) is 0.820. The molecule has 0 aromatic carbocycles. The van der Waals surface area contributed by atoms with E-state index in [9.17, 15) is 4.79 Å². The van der Waals surface area contributed by atoms with Gasteiger partial charge in [0.25, 0.3) is 5.91 Å². The maximum absolute atomic E-state index is 12.8. The first-order valence-corrected chi connectivity index (χ1v) is 9.88. The third-order valence-corrected chi connectivity index (χ3v) is 5.86. The number of thioether (sulfide) groups is 1. The minimum absolute atomic E-state index is 0.0285. The van der Waals surface area contributed by atoms with Crippen LogP contribution in [0.3, 0.4) is 0 Å². The number of rotatable bonds is 2. The second kappa shape index (κ2) is 7.07. The van der Waals surface area contributed by atoms with Crippen LogP contribution < -0.4 is 4.90 Å². The van der Waals surface area contributed by atoms with Crippen LogP contribution >= 0.6 is 11.8 Å². The molecular weight excluding hydrogens is 336 g/mol. The zero-order chi connectivity index (χ0) is 17.2. The molecule has 2 aliphatic heterocycles. The van der Waals surface area contributed by atoms with Crippen molar-refractivity contribution in [2.45, 2.75) is 19.8 Å². The standard InChI is InChI=1S/C18H22N4O2S/c1-13-4-9-24-16(13)18(23)22-5-2-14-15(3-6-22)19-12-20-17(14)21-7-10-25-11-8-21/h4,9,12H,2-3,5-8,10-11H2,1H3. The van der Waals surface area contributed by atoms with Crippen molar-refractivity contribution in [3.05, 3.63) is 41.2 Å². The smallest absolute Gasteiger partial charge is 0.289 e. The van der Waals surface area contributed by atoms with Crippen molar-refractivity contribution in [1.82, 2.24) is 14.9 Å². The highest BCUT2D eigenvalue weighted by atomic mass is 32.2. The van der Waals surface area contributed by atoms with Gasteiger partial charge >= 0.3 is 0 Å². The van der Waals surface area contributed by atoms with Crippen molar-refractivity contribution in [3.8, 4) is 0 Å². The first kappa shape index (κ1) is 16.4. The fourth-order valence-electron chi connectivity index (χ4n) is 3.50. The number of aryl methyl sites for hydroxylation is 1. The van der Waals surface area contributed by atoms with Gasteiger partial charge in [0.1, 0.15) is 12.1 Å². The topological polar surface area (TPSA) is 62.5 Å².